The van der Waals surface area contributed by atoms with Crippen LogP contribution in [0.4, 0.5) is 0 Å². The number of rotatable bonds is 7. The van der Waals surface area contributed by atoms with Gasteiger partial charge in [-0.05, 0) is 62.4 Å². The molecule has 0 aliphatic heterocycles. The lowest BCUT2D eigenvalue weighted by atomic mass is 10.0. The first-order valence-electron chi connectivity index (χ1n) is 9.31. The number of ether oxygens (including phenoxy) is 1. The molecule has 3 aromatic rings. The Labute approximate surface area is 159 Å². The summed E-state index contributed by atoms with van der Waals surface area (Å²) in [6.07, 6.45) is 2.99. The Morgan fingerprint density at radius 3 is 2.63 bits per heavy atom. The zero-order valence-electron chi connectivity index (χ0n) is 16.0. The summed E-state index contributed by atoms with van der Waals surface area (Å²) in [5.41, 5.74) is 5.06. The lowest BCUT2D eigenvalue weighted by molar-refractivity contribution is -0.146. The third-order valence-corrected chi connectivity index (χ3v) is 4.97. The van der Waals surface area contributed by atoms with Gasteiger partial charge in [-0.1, -0.05) is 30.3 Å². The second-order valence-electron chi connectivity index (χ2n) is 7.01. The Bertz CT molecular complexity index is 971. The van der Waals surface area contributed by atoms with E-state index in [1.807, 2.05) is 50.4 Å². The molecule has 0 amide bonds. The summed E-state index contributed by atoms with van der Waals surface area (Å²) in [6.45, 7) is 5.60. The SMILES string of the molecule is Cc1ccc(C(=O)[C@@H](C)OC(=O)CCCc2c[nH]c3ccccc23)cc1C. The lowest BCUT2D eigenvalue weighted by Gasteiger charge is -2.13. The lowest BCUT2D eigenvalue weighted by Crippen LogP contribution is -2.24. The van der Waals surface area contributed by atoms with Gasteiger partial charge in [0.05, 0.1) is 0 Å². The van der Waals surface area contributed by atoms with Crippen LogP contribution in [0.5, 0.6) is 0 Å². The molecule has 0 aliphatic carbocycles. The minimum Gasteiger partial charge on any atom is -0.454 e. The molecule has 0 saturated heterocycles. The van der Waals surface area contributed by atoms with Crippen LogP contribution in [0.1, 0.15) is 46.8 Å². The van der Waals surface area contributed by atoms with E-state index in [2.05, 4.69) is 11.1 Å². The molecule has 2 aromatic carbocycles. The molecule has 1 heterocycles. The molecule has 0 fully saturated rings. The summed E-state index contributed by atoms with van der Waals surface area (Å²) in [6, 6.07) is 13.7. The number of carbonyl (C=O) groups excluding carboxylic acids is 2. The average molecular weight is 363 g/mol. The first-order valence-corrected chi connectivity index (χ1v) is 9.31. The van der Waals surface area contributed by atoms with Crippen molar-refractivity contribution in [1.82, 2.24) is 4.98 Å². The van der Waals surface area contributed by atoms with Crippen molar-refractivity contribution in [3.63, 3.8) is 0 Å². The van der Waals surface area contributed by atoms with Gasteiger partial charge in [-0.3, -0.25) is 9.59 Å². The molecule has 0 spiro atoms. The maximum Gasteiger partial charge on any atom is 0.306 e. The number of aromatic amines is 1. The van der Waals surface area contributed by atoms with E-state index in [0.29, 0.717) is 18.4 Å². The summed E-state index contributed by atoms with van der Waals surface area (Å²) in [5, 5.41) is 1.18. The predicted octanol–water partition coefficient (Wildman–Crippen LogP) is 4.92. The number of para-hydroxylation sites is 1. The number of hydrogen-bond acceptors (Lipinski definition) is 3. The molecule has 0 bridgehead atoms. The maximum atomic E-state index is 12.5. The summed E-state index contributed by atoms with van der Waals surface area (Å²) in [4.78, 5) is 27.8. The molecule has 1 N–H and O–H groups in total. The largest absolute Gasteiger partial charge is 0.454 e. The van der Waals surface area contributed by atoms with E-state index in [4.69, 9.17) is 4.74 Å². The number of nitrogens with one attached hydrogen (secondary N) is 1. The van der Waals surface area contributed by atoms with Gasteiger partial charge in [0.25, 0.3) is 0 Å². The summed E-state index contributed by atoms with van der Waals surface area (Å²) < 4.78 is 5.35. The van der Waals surface area contributed by atoms with E-state index >= 15 is 0 Å². The highest BCUT2D eigenvalue weighted by Crippen LogP contribution is 2.20. The molecule has 4 nitrogen and oxygen atoms in total. The fourth-order valence-corrected chi connectivity index (χ4v) is 3.20. The van der Waals surface area contributed by atoms with Crippen LogP contribution >= 0.6 is 0 Å². The molecule has 0 radical (unpaired) electrons. The van der Waals surface area contributed by atoms with Gasteiger partial charge >= 0.3 is 5.97 Å². The van der Waals surface area contributed by atoms with Crippen LogP contribution in [0.2, 0.25) is 0 Å². The van der Waals surface area contributed by atoms with Crippen molar-refractivity contribution in [2.45, 2.75) is 46.1 Å². The first kappa shape index (κ1) is 18.9. The minimum atomic E-state index is -0.771. The normalized spacial score (nSPS) is 12.1. The van der Waals surface area contributed by atoms with Crippen LogP contribution in [0.25, 0.3) is 10.9 Å². The van der Waals surface area contributed by atoms with E-state index < -0.39 is 6.10 Å². The molecule has 1 aromatic heterocycles. The summed E-state index contributed by atoms with van der Waals surface area (Å²) >= 11 is 0. The van der Waals surface area contributed by atoms with Gasteiger partial charge in [-0.15, -0.1) is 0 Å². The Kier molecular flexibility index (Phi) is 5.75. The van der Waals surface area contributed by atoms with Crippen LogP contribution in [-0.2, 0) is 16.0 Å². The van der Waals surface area contributed by atoms with Gasteiger partial charge in [-0.2, -0.15) is 0 Å². The number of Topliss-reactive ketones (excluding diaryl/α,β-unsaturated/α-hetero) is 1. The monoisotopic (exact) mass is 363 g/mol. The average Bonchev–Trinajstić information content (AvgIpc) is 3.06. The summed E-state index contributed by atoms with van der Waals surface area (Å²) in [7, 11) is 0. The van der Waals surface area contributed by atoms with Crippen LogP contribution in [0.15, 0.2) is 48.7 Å². The molecule has 4 heteroatoms. The van der Waals surface area contributed by atoms with Crippen molar-refractivity contribution in [2.24, 2.45) is 0 Å². The Balaban J connectivity index is 1.51. The van der Waals surface area contributed by atoms with E-state index in [1.165, 1.54) is 10.9 Å². The molecule has 0 aliphatic rings. The van der Waals surface area contributed by atoms with Crippen LogP contribution < -0.4 is 0 Å². The second-order valence-corrected chi connectivity index (χ2v) is 7.01. The van der Waals surface area contributed by atoms with E-state index in [1.54, 1.807) is 13.0 Å². The fraction of sp³-hybridized carbons (Fsp3) is 0.304. The van der Waals surface area contributed by atoms with Crippen LogP contribution in [-0.4, -0.2) is 22.8 Å². The Hall–Kier alpha value is -2.88. The predicted molar refractivity (Wildman–Crippen MR) is 107 cm³/mol. The number of benzene rings is 2. The van der Waals surface area contributed by atoms with Crippen molar-refractivity contribution >= 4 is 22.7 Å². The molecule has 140 valence electrons. The number of ketones is 1. The Morgan fingerprint density at radius 2 is 1.85 bits per heavy atom. The molecule has 1 atom stereocenters. The molecular weight excluding hydrogens is 338 g/mol. The van der Waals surface area contributed by atoms with Gasteiger partial charge in [0, 0.05) is 29.1 Å². The highest BCUT2D eigenvalue weighted by molar-refractivity contribution is 6.00. The van der Waals surface area contributed by atoms with Gasteiger partial charge in [0.15, 0.2) is 6.10 Å². The highest BCUT2D eigenvalue weighted by Gasteiger charge is 2.19. The summed E-state index contributed by atoms with van der Waals surface area (Å²) in [5.74, 6) is -0.498. The van der Waals surface area contributed by atoms with Crippen molar-refractivity contribution in [3.8, 4) is 0 Å². The molecule has 0 unspecified atom stereocenters. The zero-order valence-corrected chi connectivity index (χ0v) is 16.0. The molecule has 27 heavy (non-hydrogen) atoms. The van der Waals surface area contributed by atoms with Gasteiger partial charge in [-0.25, -0.2) is 0 Å². The number of aryl methyl sites for hydroxylation is 3. The minimum absolute atomic E-state index is 0.164. The quantitative estimate of drug-likeness (QED) is 0.479. The number of hydrogen-bond donors (Lipinski definition) is 1. The van der Waals surface area contributed by atoms with Crippen molar-refractivity contribution in [3.05, 3.63) is 70.9 Å². The van der Waals surface area contributed by atoms with E-state index in [9.17, 15) is 9.59 Å². The number of carbonyl (C=O) groups is 2. The van der Waals surface area contributed by atoms with Crippen LogP contribution in [0, 0.1) is 13.8 Å². The topological polar surface area (TPSA) is 59.2 Å². The third-order valence-electron chi connectivity index (χ3n) is 4.97. The van der Waals surface area contributed by atoms with Gasteiger partial charge in [0.1, 0.15) is 0 Å². The first-order chi connectivity index (χ1) is 13.0. The van der Waals surface area contributed by atoms with E-state index in [0.717, 1.165) is 23.1 Å². The Morgan fingerprint density at radius 1 is 1.07 bits per heavy atom. The van der Waals surface area contributed by atoms with Crippen molar-refractivity contribution in [2.75, 3.05) is 0 Å². The molecule has 3 rings (SSSR count). The number of H-pyrrole nitrogens is 1. The molecular formula is C23H25NO3. The number of esters is 1. The molecule has 0 saturated carbocycles. The standard InChI is InChI=1S/C23H25NO3/c1-15-11-12-18(13-16(15)2)23(26)17(3)27-22(25)10-6-7-19-14-24-21-9-5-4-8-20(19)21/h4-5,8-9,11-14,17,24H,6-7,10H2,1-3H3/t17-/m1/s1. The van der Waals surface area contributed by atoms with Gasteiger partial charge < -0.3 is 9.72 Å². The van der Waals surface area contributed by atoms with Crippen LogP contribution in [0.3, 0.4) is 0 Å². The number of fused-ring (bicyclic) bond motifs is 1. The maximum absolute atomic E-state index is 12.5. The van der Waals surface area contributed by atoms with E-state index in [-0.39, 0.29) is 11.8 Å². The fourth-order valence-electron chi connectivity index (χ4n) is 3.20. The third kappa shape index (κ3) is 4.45. The second kappa shape index (κ2) is 8.21. The smallest absolute Gasteiger partial charge is 0.306 e. The highest BCUT2D eigenvalue weighted by atomic mass is 16.5. The van der Waals surface area contributed by atoms with Crippen molar-refractivity contribution < 1.29 is 14.3 Å². The van der Waals surface area contributed by atoms with Gasteiger partial charge in [0.2, 0.25) is 5.78 Å². The van der Waals surface area contributed by atoms with Crippen molar-refractivity contribution in [1.29, 1.82) is 0 Å². The zero-order chi connectivity index (χ0) is 19.4. The number of aromatic nitrogens is 1.